The monoisotopic (exact) mass is 435 g/mol. The van der Waals surface area contributed by atoms with Gasteiger partial charge in [-0.25, -0.2) is 8.42 Å². The maximum Gasteiger partial charge on any atom is 0.243 e. The highest BCUT2D eigenvalue weighted by Crippen LogP contribution is 2.19. The normalized spacial score (nSPS) is 15.8. The van der Waals surface area contributed by atoms with E-state index >= 15 is 0 Å². The number of sulfonamides is 1. The van der Waals surface area contributed by atoms with E-state index in [1.54, 1.807) is 24.3 Å². The molecule has 0 aliphatic carbocycles. The van der Waals surface area contributed by atoms with Crippen molar-refractivity contribution >= 4 is 39.0 Å². The molecule has 29 heavy (non-hydrogen) atoms. The highest BCUT2D eigenvalue weighted by molar-refractivity contribution is 7.89. The SMILES string of the molecule is CC(=O)c1ccc(S(=O)(=O)N2CCN(CC(=O)Nc3cccc(Cl)c3)CC2)cc1. The van der Waals surface area contributed by atoms with Crippen LogP contribution in [0.2, 0.25) is 5.02 Å². The Morgan fingerprint density at radius 2 is 1.69 bits per heavy atom. The number of amides is 1. The van der Waals surface area contributed by atoms with Crippen molar-refractivity contribution in [2.75, 3.05) is 38.0 Å². The van der Waals surface area contributed by atoms with E-state index in [2.05, 4.69) is 5.32 Å². The van der Waals surface area contributed by atoms with Crippen LogP contribution in [0.1, 0.15) is 17.3 Å². The van der Waals surface area contributed by atoms with E-state index in [9.17, 15) is 18.0 Å². The summed E-state index contributed by atoms with van der Waals surface area (Å²) in [5.41, 5.74) is 1.09. The van der Waals surface area contributed by atoms with Crippen molar-refractivity contribution in [3.63, 3.8) is 0 Å². The minimum Gasteiger partial charge on any atom is -0.325 e. The van der Waals surface area contributed by atoms with Gasteiger partial charge in [0.05, 0.1) is 11.4 Å². The number of ketones is 1. The van der Waals surface area contributed by atoms with Crippen LogP contribution in [0.4, 0.5) is 5.69 Å². The molecule has 0 unspecified atom stereocenters. The van der Waals surface area contributed by atoms with Gasteiger partial charge in [-0.3, -0.25) is 14.5 Å². The third kappa shape index (κ3) is 5.42. The molecule has 1 heterocycles. The Bertz CT molecular complexity index is 1000. The van der Waals surface area contributed by atoms with Crippen molar-refractivity contribution in [3.05, 3.63) is 59.1 Å². The number of nitrogens with zero attached hydrogens (tertiary/aromatic N) is 2. The van der Waals surface area contributed by atoms with Gasteiger partial charge in [-0.15, -0.1) is 0 Å². The van der Waals surface area contributed by atoms with Crippen molar-refractivity contribution in [3.8, 4) is 0 Å². The average molecular weight is 436 g/mol. The molecule has 1 aliphatic rings. The van der Waals surface area contributed by atoms with Gasteiger partial charge >= 0.3 is 0 Å². The molecule has 1 N–H and O–H groups in total. The Kier molecular flexibility index (Phi) is 6.69. The van der Waals surface area contributed by atoms with Gasteiger partial charge in [0.1, 0.15) is 0 Å². The van der Waals surface area contributed by atoms with Crippen LogP contribution < -0.4 is 5.32 Å². The van der Waals surface area contributed by atoms with E-state index in [1.165, 1.54) is 35.5 Å². The Hall–Kier alpha value is -2.26. The van der Waals surface area contributed by atoms with Crippen molar-refractivity contribution in [2.45, 2.75) is 11.8 Å². The second-order valence-corrected chi connectivity index (χ2v) is 9.19. The van der Waals surface area contributed by atoms with Crippen molar-refractivity contribution in [2.24, 2.45) is 0 Å². The molecule has 0 spiro atoms. The first-order chi connectivity index (χ1) is 13.8. The zero-order valence-electron chi connectivity index (χ0n) is 16.0. The van der Waals surface area contributed by atoms with Crippen LogP contribution >= 0.6 is 11.6 Å². The number of nitrogens with one attached hydrogen (secondary N) is 1. The molecule has 0 radical (unpaired) electrons. The van der Waals surface area contributed by atoms with Gasteiger partial charge in [0.2, 0.25) is 15.9 Å². The van der Waals surface area contributed by atoms with Gasteiger partial charge in [-0.1, -0.05) is 29.8 Å². The lowest BCUT2D eigenvalue weighted by Crippen LogP contribution is -2.50. The van der Waals surface area contributed by atoms with E-state index in [0.717, 1.165) is 0 Å². The molecule has 0 aromatic heterocycles. The van der Waals surface area contributed by atoms with Crippen LogP contribution in [-0.4, -0.2) is 62.0 Å². The number of hydrogen-bond acceptors (Lipinski definition) is 5. The largest absolute Gasteiger partial charge is 0.325 e. The van der Waals surface area contributed by atoms with E-state index < -0.39 is 10.0 Å². The fourth-order valence-electron chi connectivity index (χ4n) is 3.11. The van der Waals surface area contributed by atoms with E-state index in [-0.39, 0.29) is 23.1 Å². The van der Waals surface area contributed by atoms with Gasteiger partial charge in [0.25, 0.3) is 0 Å². The van der Waals surface area contributed by atoms with Crippen molar-refractivity contribution in [1.82, 2.24) is 9.21 Å². The Labute approximate surface area is 175 Å². The Morgan fingerprint density at radius 3 is 2.28 bits per heavy atom. The Morgan fingerprint density at radius 1 is 1.03 bits per heavy atom. The minimum atomic E-state index is -3.63. The molecule has 9 heteroatoms. The third-order valence-electron chi connectivity index (χ3n) is 4.71. The molecule has 2 aromatic carbocycles. The predicted molar refractivity (Wildman–Crippen MR) is 112 cm³/mol. The topological polar surface area (TPSA) is 86.8 Å². The zero-order chi connectivity index (χ0) is 21.0. The van der Waals surface area contributed by atoms with Crippen LogP contribution in [0.3, 0.4) is 0 Å². The summed E-state index contributed by atoms with van der Waals surface area (Å²) in [7, 11) is -3.63. The van der Waals surface area contributed by atoms with Crippen LogP contribution in [0.5, 0.6) is 0 Å². The maximum absolute atomic E-state index is 12.8. The number of anilines is 1. The van der Waals surface area contributed by atoms with Gasteiger partial charge in [0.15, 0.2) is 5.78 Å². The molecule has 7 nitrogen and oxygen atoms in total. The van der Waals surface area contributed by atoms with Crippen molar-refractivity contribution in [1.29, 1.82) is 0 Å². The number of halogens is 1. The summed E-state index contributed by atoms with van der Waals surface area (Å²) in [6.07, 6.45) is 0. The molecule has 2 aromatic rings. The summed E-state index contributed by atoms with van der Waals surface area (Å²) < 4.78 is 27.0. The summed E-state index contributed by atoms with van der Waals surface area (Å²) in [4.78, 5) is 25.7. The number of rotatable bonds is 6. The van der Waals surface area contributed by atoms with Crippen LogP contribution in [0.15, 0.2) is 53.4 Å². The van der Waals surface area contributed by atoms with Crippen LogP contribution in [0, 0.1) is 0 Å². The summed E-state index contributed by atoms with van der Waals surface area (Å²) in [5.74, 6) is -0.290. The van der Waals surface area contributed by atoms with E-state index in [4.69, 9.17) is 11.6 Å². The first-order valence-electron chi connectivity index (χ1n) is 9.14. The molecule has 1 fully saturated rings. The van der Waals surface area contributed by atoms with Crippen LogP contribution in [0.25, 0.3) is 0 Å². The number of piperazine rings is 1. The Balaban J connectivity index is 1.55. The first-order valence-corrected chi connectivity index (χ1v) is 11.0. The molecule has 0 saturated carbocycles. The van der Waals surface area contributed by atoms with Gasteiger partial charge in [0, 0.05) is 42.5 Å². The molecule has 1 aliphatic heterocycles. The molecule has 0 bridgehead atoms. The summed E-state index contributed by atoms with van der Waals surface area (Å²) in [6.45, 7) is 3.10. The lowest BCUT2D eigenvalue weighted by Gasteiger charge is -2.33. The fraction of sp³-hybridized carbons (Fsp3) is 0.300. The second-order valence-electron chi connectivity index (χ2n) is 6.82. The molecular formula is C20H22ClN3O4S. The van der Waals surface area contributed by atoms with E-state index in [1.807, 2.05) is 4.90 Å². The number of carbonyl (C=O) groups is 2. The third-order valence-corrected chi connectivity index (χ3v) is 6.85. The predicted octanol–water partition coefficient (Wildman–Crippen LogP) is 2.49. The number of Topliss-reactive ketones (excluding diaryl/α,β-unsaturated/α-hetero) is 1. The molecule has 0 atom stereocenters. The minimum absolute atomic E-state index is 0.112. The van der Waals surface area contributed by atoms with Gasteiger partial charge in [-0.2, -0.15) is 4.31 Å². The molecule has 154 valence electrons. The average Bonchev–Trinajstić information content (AvgIpc) is 2.68. The second kappa shape index (κ2) is 9.04. The summed E-state index contributed by atoms with van der Waals surface area (Å²) in [6, 6.07) is 12.9. The maximum atomic E-state index is 12.8. The first kappa shape index (κ1) is 21.4. The molecule has 3 rings (SSSR count). The molecule has 1 saturated heterocycles. The van der Waals surface area contributed by atoms with Gasteiger partial charge < -0.3 is 5.32 Å². The van der Waals surface area contributed by atoms with Gasteiger partial charge in [-0.05, 0) is 37.3 Å². The van der Waals surface area contributed by atoms with Crippen LogP contribution in [-0.2, 0) is 14.8 Å². The summed E-state index contributed by atoms with van der Waals surface area (Å²) >= 11 is 5.91. The number of benzene rings is 2. The highest BCUT2D eigenvalue weighted by atomic mass is 35.5. The summed E-state index contributed by atoms with van der Waals surface area (Å²) in [5, 5.41) is 3.33. The molecular weight excluding hydrogens is 414 g/mol. The fourth-order valence-corrected chi connectivity index (χ4v) is 4.72. The lowest BCUT2D eigenvalue weighted by atomic mass is 10.2. The quantitative estimate of drug-likeness (QED) is 0.704. The van der Waals surface area contributed by atoms with E-state index in [0.29, 0.717) is 42.5 Å². The zero-order valence-corrected chi connectivity index (χ0v) is 17.5. The lowest BCUT2D eigenvalue weighted by molar-refractivity contribution is -0.117. The highest BCUT2D eigenvalue weighted by Gasteiger charge is 2.29. The number of carbonyl (C=O) groups excluding carboxylic acids is 2. The van der Waals surface area contributed by atoms with Crippen molar-refractivity contribution < 1.29 is 18.0 Å². The standard InChI is InChI=1S/C20H22ClN3O4S/c1-15(25)16-5-7-19(8-6-16)29(27,28)24-11-9-23(10-12-24)14-20(26)22-18-4-2-3-17(21)13-18/h2-8,13H,9-12,14H2,1H3,(H,22,26). The molecule has 1 amide bonds. The number of hydrogen-bond donors (Lipinski definition) is 1. The smallest absolute Gasteiger partial charge is 0.243 e.